The van der Waals surface area contributed by atoms with Gasteiger partial charge in [-0.05, 0) is 32.8 Å². The van der Waals surface area contributed by atoms with Crippen LogP contribution in [0.2, 0.25) is 0 Å². The Bertz CT molecular complexity index is 566. The third-order valence-electron chi connectivity index (χ3n) is 2.31. The normalized spacial score (nSPS) is 11.8. The van der Waals surface area contributed by atoms with Gasteiger partial charge in [-0.2, -0.15) is 0 Å². The van der Waals surface area contributed by atoms with Crippen LogP contribution in [0.4, 0.5) is 0 Å². The maximum absolute atomic E-state index is 5.77. The first-order chi connectivity index (χ1) is 8.22. The summed E-state index contributed by atoms with van der Waals surface area (Å²) in [6.07, 6.45) is 0. The summed E-state index contributed by atoms with van der Waals surface area (Å²) in [7, 11) is 0. The zero-order valence-electron chi connectivity index (χ0n) is 8.79. The average Bonchev–Trinajstić information content (AvgIpc) is 2.38. The first-order valence-electron chi connectivity index (χ1n) is 4.97. The standard InChI is InChI=1S/C13H9BrCl2O/c14-13-11-4-2-1-3-9(11)5-6-12(13)17-8-10(16)7-15/h1-7H,8H2. The topological polar surface area (TPSA) is 9.23 Å². The maximum Gasteiger partial charge on any atom is 0.134 e. The third kappa shape index (κ3) is 2.95. The fourth-order valence-corrected chi connectivity index (χ4v) is 2.23. The van der Waals surface area contributed by atoms with E-state index in [-0.39, 0.29) is 6.61 Å². The average molecular weight is 332 g/mol. The molecule has 0 aromatic heterocycles. The molecule has 4 heteroatoms. The van der Waals surface area contributed by atoms with E-state index in [0.29, 0.717) is 5.03 Å². The molecular weight excluding hydrogens is 323 g/mol. The van der Waals surface area contributed by atoms with E-state index < -0.39 is 0 Å². The second kappa shape index (κ2) is 5.76. The van der Waals surface area contributed by atoms with Crippen molar-refractivity contribution >= 4 is 49.9 Å². The summed E-state index contributed by atoms with van der Waals surface area (Å²) >= 11 is 14.8. The molecule has 1 nitrogen and oxygen atoms in total. The van der Waals surface area contributed by atoms with Crippen molar-refractivity contribution in [3.05, 3.63) is 51.4 Å². The number of hydrogen-bond donors (Lipinski definition) is 0. The minimum absolute atomic E-state index is 0.266. The van der Waals surface area contributed by atoms with E-state index in [1.54, 1.807) is 0 Å². The van der Waals surface area contributed by atoms with Crippen molar-refractivity contribution in [2.45, 2.75) is 0 Å². The first kappa shape index (κ1) is 12.7. The molecule has 0 aliphatic carbocycles. The van der Waals surface area contributed by atoms with Crippen LogP contribution in [0.25, 0.3) is 10.8 Å². The van der Waals surface area contributed by atoms with Gasteiger partial charge in [0.1, 0.15) is 12.4 Å². The lowest BCUT2D eigenvalue weighted by Crippen LogP contribution is -1.97. The van der Waals surface area contributed by atoms with Crippen LogP contribution < -0.4 is 4.74 Å². The number of fused-ring (bicyclic) bond motifs is 1. The Hall–Kier alpha value is -0.700. The van der Waals surface area contributed by atoms with Gasteiger partial charge in [0.05, 0.1) is 9.51 Å². The molecular formula is C13H9BrCl2O. The monoisotopic (exact) mass is 330 g/mol. The lowest BCUT2D eigenvalue weighted by atomic mass is 10.1. The smallest absolute Gasteiger partial charge is 0.134 e. The number of rotatable bonds is 3. The van der Waals surface area contributed by atoms with Crippen molar-refractivity contribution in [1.29, 1.82) is 0 Å². The van der Waals surface area contributed by atoms with Gasteiger partial charge in [-0.3, -0.25) is 0 Å². The molecule has 0 aliphatic rings. The summed E-state index contributed by atoms with van der Waals surface area (Å²) in [4.78, 5) is 0. The van der Waals surface area contributed by atoms with Gasteiger partial charge in [0.25, 0.3) is 0 Å². The molecule has 88 valence electrons. The fraction of sp³-hybridized carbons (Fsp3) is 0.0769. The van der Waals surface area contributed by atoms with Crippen LogP contribution in [-0.2, 0) is 0 Å². The summed E-state index contributed by atoms with van der Waals surface area (Å²) in [6.45, 7) is 0.266. The Labute approximate surface area is 118 Å². The van der Waals surface area contributed by atoms with E-state index in [4.69, 9.17) is 27.9 Å². The minimum atomic E-state index is 0.266. The van der Waals surface area contributed by atoms with Crippen LogP contribution in [0.1, 0.15) is 0 Å². The predicted molar refractivity (Wildman–Crippen MR) is 76.9 cm³/mol. The van der Waals surface area contributed by atoms with Crippen molar-refractivity contribution < 1.29 is 4.74 Å². The molecule has 0 N–H and O–H groups in total. The van der Waals surface area contributed by atoms with Gasteiger partial charge in [-0.15, -0.1) is 0 Å². The van der Waals surface area contributed by atoms with Crippen molar-refractivity contribution in [3.8, 4) is 5.75 Å². The molecule has 17 heavy (non-hydrogen) atoms. The Balaban J connectivity index is 2.33. The van der Waals surface area contributed by atoms with Crippen molar-refractivity contribution in [1.82, 2.24) is 0 Å². The van der Waals surface area contributed by atoms with Gasteiger partial charge in [0.15, 0.2) is 0 Å². The Morgan fingerprint density at radius 3 is 2.76 bits per heavy atom. The fourth-order valence-electron chi connectivity index (χ4n) is 1.50. The lowest BCUT2D eigenvalue weighted by Gasteiger charge is -2.09. The summed E-state index contributed by atoms with van der Waals surface area (Å²) < 4.78 is 6.49. The largest absolute Gasteiger partial charge is 0.487 e. The summed E-state index contributed by atoms with van der Waals surface area (Å²) in [5, 5.41) is 2.73. The van der Waals surface area contributed by atoms with Gasteiger partial charge < -0.3 is 4.74 Å². The van der Waals surface area contributed by atoms with Crippen molar-refractivity contribution in [2.75, 3.05) is 6.61 Å². The molecule has 0 atom stereocenters. The molecule has 0 saturated carbocycles. The van der Waals surface area contributed by atoms with Crippen LogP contribution in [0, 0.1) is 0 Å². The van der Waals surface area contributed by atoms with Gasteiger partial charge in [0, 0.05) is 5.54 Å². The zero-order chi connectivity index (χ0) is 12.3. The van der Waals surface area contributed by atoms with E-state index in [2.05, 4.69) is 22.0 Å². The molecule has 0 aliphatic heterocycles. The molecule has 0 bridgehead atoms. The zero-order valence-corrected chi connectivity index (χ0v) is 11.9. The highest BCUT2D eigenvalue weighted by Gasteiger charge is 2.06. The van der Waals surface area contributed by atoms with E-state index in [1.165, 1.54) is 5.54 Å². The second-order valence-corrected chi connectivity index (χ2v) is 4.94. The van der Waals surface area contributed by atoms with Crippen molar-refractivity contribution in [3.63, 3.8) is 0 Å². The SMILES string of the molecule is ClC=C(Cl)COc1ccc2ccccc2c1Br. The Morgan fingerprint density at radius 1 is 1.24 bits per heavy atom. The Kier molecular flexibility index (Phi) is 4.32. The Morgan fingerprint density at radius 2 is 2.00 bits per heavy atom. The molecule has 0 radical (unpaired) electrons. The van der Waals surface area contributed by atoms with Gasteiger partial charge >= 0.3 is 0 Å². The highest BCUT2D eigenvalue weighted by Crippen LogP contribution is 2.33. The molecule has 0 fully saturated rings. The van der Waals surface area contributed by atoms with Crippen molar-refractivity contribution in [2.24, 2.45) is 0 Å². The van der Waals surface area contributed by atoms with E-state index >= 15 is 0 Å². The van der Waals surface area contributed by atoms with Crippen LogP contribution in [0.15, 0.2) is 51.4 Å². The number of benzene rings is 2. The number of ether oxygens (including phenoxy) is 1. The van der Waals surface area contributed by atoms with Crippen LogP contribution >= 0.6 is 39.1 Å². The third-order valence-corrected chi connectivity index (χ3v) is 3.72. The summed E-state index contributed by atoms with van der Waals surface area (Å²) in [6, 6.07) is 12.0. The molecule has 2 aromatic carbocycles. The van der Waals surface area contributed by atoms with Gasteiger partial charge in [-0.1, -0.05) is 53.5 Å². The maximum atomic E-state index is 5.77. The highest BCUT2D eigenvalue weighted by molar-refractivity contribution is 9.10. The van der Waals surface area contributed by atoms with Gasteiger partial charge in [-0.25, -0.2) is 0 Å². The summed E-state index contributed by atoms with van der Waals surface area (Å²) in [5.41, 5.74) is 1.30. The van der Waals surface area contributed by atoms with Crippen LogP contribution in [0.5, 0.6) is 5.75 Å². The molecule has 2 aromatic rings. The molecule has 0 amide bonds. The molecule has 0 saturated heterocycles. The molecule has 0 unspecified atom stereocenters. The highest BCUT2D eigenvalue weighted by atomic mass is 79.9. The number of hydrogen-bond acceptors (Lipinski definition) is 1. The molecule has 0 spiro atoms. The van der Waals surface area contributed by atoms with Crippen LogP contribution in [-0.4, -0.2) is 6.61 Å². The van der Waals surface area contributed by atoms with Crippen LogP contribution in [0.3, 0.4) is 0 Å². The minimum Gasteiger partial charge on any atom is -0.487 e. The van der Waals surface area contributed by atoms with Gasteiger partial charge in [0.2, 0.25) is 0 Å². The lowest BCUT2D eigenvalue weighted by molar-refractivity contribution is 0.358. The predicted octanol–water partition coefficient (Wildman–Crippen LogP) is 5.30. The second-order valence-electron chi connectivity index (χ2n) is 3.44. The first-order valence-corrected chi connectivity index (χ1v) is 6.58. The molecule has 2 rings (SSSR count). The van der Waals surface area contributed by atoms with E-state index in [9.17, 15) is 0 Å². The summed E-state index contributed by atoms with van der Waals surface area (Å²) in [5.74, 6) is 0.750. The van der Waals surface area contributed by atoms with E-state index in [1.807, 2.05) is 30.3 Å². The molecule has 0 heterocycles. The van der Waals surface area contributed by atoms with E-state index in [0.717, 1.165) is 21.0 Å². The number of halogens is 3. The quantitative estimate of drug-likeness (QED) is 0.741.